The highest BCUT2D eigenvalue weighted by atomic mass is 16.5. The second-order valence-electron chi connectivity index (χ2n) is 5.11. The van der Waals surface area contributed by atoms with E-state index in [0.717, 1.165) is 22.9 Å². The number of aromatic nitrogens is 2. The van der Waals surface area contributed by atoms with E-state index in [2.05, 4.69) is 10.4 Å². The second-order valence-corrected chi connectivity index (χ2v) is 5.11. The van der Waals surface area contributed by atoms with Crippen LogP contribution in [0.1, 0.15) is 11.3 Å². The molecule has 6 heteroatoms. The monoisotopic (exact) mass is 305 g/mol. The van der Waals surface area contributed by atoms with Gasteiger partial charge in [0.2, 0.25) is 5.88 Å². The van der Waals surface area contributed by atoms with Crippen LogP contribution in [0, 0.1) is 6.92 Å². The average molecular weight is 305 g/mol. The molecule has 0 aliphatic rings. The summed E-state index contributed by atoms with van der Waals surface area (Å²) in [5, 5.41) is 17.5. The molecule has 120 valence electrons. The molecule has 1 aromatic heterocycles. The topological polar surface area (TPSA) is 68.5 Å². The van der Waals surface area contributed by atoms with E-state index in [1.807, 2.05) is 44.3 Å². The van der Waals surface area contributed by atoms with Gasteiger partial charge in [-0.25, -0.2) is 4.68 Å². The summed E-state index contributed by atoms with van der Waals surface area (Å²) in [6.07, 6.45) is -0.580. The molecule has 1 atom stereocenters. The van der Waals surface area contributed by atoms with E-state index < -0.39 is 6.10 Å². The Morgan fingerprint density at radius 1 is 1.32 bits per heavy atom. The van der Waals surface area contributed by atoms with Gasteiger partial charge >= 0.3 is 0 Å². The molecule has 0 radical (unpaired) electrons. The minimum absolute atomic E-state index is 0.250. The van der Waals surface area contributed by atoms with Crippen LogP contribution in [0.25, 0.3) is 0 Å². The molecule has 0 saturated carbocycles. The number of para-hydroxylation sites is 1. The van der Waals surface area contributed by atoms with Crippen molar-refractivity contribution in [3.05, 3.63) is 41.6 Å². The first-order valence-corrected chi connectivity index (χ1v) is 7.25. The maximum Gasteiger partial charge on any atom is 0.216 e. The lowest BCUT2D eigenvalue weighted by Crippen LogP contribution is -2.31. The number of methoxy groups -OCH3 is 1. The van der Waals surface area contributed by atoms with Gasteiger partial charge in [-0.1, -0.05) is 18.2 Å². The third kappa shape index (κ3) is 4.22. The number of aryl methyl sites for hydroxylation is 2. The Morgan fingerprint density at radius 2 is 2.05 bits per heavy atom. The van der Waals surface area contributed by atoms with Crippen molar-refractivity contribution < 1.29 is 14.6 Å². The van der Waals surface area contributed by atoms with Crippen LogP contribution in [-0.2, 0) is 13.6 Å². The van der Waals surface area contributed by atoms with Crippen LogP contribution in [0.15, 0.2) is 30.3 Å². The number of ether oxygens (including phenoxy) is 2. The van der Waals surface area contributed by atoms with Crippen molar-refractivity contribution in [3.8, 4) is 11.6 Å². The van der Waals surface area contributed by atoms with Crippen LogP contribution in [0.5, 0.6) is 11.6 Å². The van der Waals surface area contributed by atoms with Gasteiger partial charge in [0.1, 0.15) is 18.5 Å². The molecular weight excluding hydrogens is 282 g/mol. The van der Waals surface area contributed by atoms with Gasteiger partial charge in [0.05, 0.1) is 18.4 Å². The van der Waals surface area contributed by atoms with Crippen LogP contribution in [0.3, 0.4) is 0 Å². The highest BCUT2D eigenvalue weighted by Gasteiger charge is 2.14. The Morgan fingerprint density at radius 3 is 2.73 bits per heavy atom. The smallest absolute Gasteiger partial charge is 0.216 e. The van der Waals surface area contributed by atoms with Gasteiger partial charge in [-0.05, 0) is 19.1 Å². The van der Waals surface area contributed by atoms with Crippen LogP contribution < -0.4 is 14.8 Å². The number of hydrogen-bond acceptors (Lipinski definition) is 5. The van der Waals surface area contributed by atoms with E-state index in [1.54, 1.807) is 11.8 Å². The maximum absolute atomic E-state index is 9.95. The van der Waals surface area contributed by atoms with Crippen LogP contribution in [0.2, 0.25) is 0 Å². The Balaban J connectivity index is 1.76. The first-order valence-electron chi connectivity index (χ1n) is 7.25. The van der Waals surface area contributed by atoms with E-state index in [-0.39, 0.29) is 6.61 Å². The van der Waals surface area contributed by atoms with Gasteiger partial charge in [0, 0.05) is 20.1 Å². The Kier molecular flexibility index (Phi) is 5.80. The summed E-state index contributed by atoms with van der Waals surface area (Å²) in [6.45, 7) is 3.21. The van der Waals surface area contributed by atoms with E-state index in [1.165, 1.54) is 0 Å². The fourth-order valence-corrected chi connectivity index (χ4v) is 2.27. The summed E-state index contributed by atoms with van der Waals surface area (Å²) in [4.78, 5) is 0. The summed E-state index contributed by atoms with van der Waals surface area (Å²) in [7, 11) is 3.47. The molecule has 22 heavy (non-hydrogen) atoms. The van der Waals surface area contributed by atoms with Crippen LogP contribution in [-0.4, -0.2) is 41.3 Å². The van der Waals surface area contributed by atoms with Crippen molar-refractivity contribution in [3.63, 3.8) is 0 Å². The fraction of sp³-hybridized carbons (Fsp3) is 0.438. The lowest BCUT2D eigenvalue weighted by atomic mass is 10.2. The molecule has 0 spiro atoms. The molecule has 6 nitrogen and oxygen atoms in total. The standard InChI is InChI=1S/C16H23N3O3/c1-12-15(16(21-3)19(2)18-12)10-17-9-13(20)11-22-14-7-5-4-6-8-14/h4-8,13,17,20H,9-11H2,1-3H3/t13-/m0/s1. The lowest BCUT2D eigenvalue weighted by Gasteiger charge is -2.13. The van der Waals surface area contributed by atoms with Crippen molar-refractivity contribution in [2.45, 2.75) is 19.6 Å². The Bertz CT molecular complexity index is 584. The third-order valence-electron chi connectivity index (χ3n) is 3.35. The van der Waals surface area contributed by atoms with Crippen molar-refractivity contribution in [1.29, 1.82) is 0 Å². The molecule has 0 aliphatic carbocycles. The van der Waals surface area contributed by atoms with Crippen molar-refractivity contribution in [2.24, 2.45) is 7.05 Å². The fourth-order valence-electron chi connectivity index (χ4n) is 2.27. The summed E-state index contributed by atoms with van der Waals surface area (Å²) in [6, 6.07) is 9.46. The first kappa shape index (κ1) is 16.3. The zero-order valence-corrected chi connectivity index (χ0v) is 13.2. The minimum atomic E-state index is -0.580. The largest absolute Gasteiger partial charge is 0.491 e. The molecule has 0 fully saturated rings. The van der Waals surface area contributed by atoms with Gasteiger partial charge in [0.25, 0.3) is 0 Å². The average Bonchev–Trinajstić information content (AvgIpc) is 2.79. The SMILES string of the molecule is COc1c(CNC[C@H](O)COc2ccccc2)c(C)nn1C. The molecule has 2 aromatic rings. The Hall–Kier alpha value is -2.05. The predicted octanol–water partition coefficient (Wildman–Crippen LogP) is 1.27. The van der Waals surface area contributed by atoms with Gasteiger partial charge in [-0.2, -0.15) is 5.10 Å². The molecule has 0 unspecified atom stereocenters. The van der Waals surface area contributed by atoms with Gasteiger partial charge in [0.15, 0.2) is 0 Å². The number of aliphatic hydroxyl groups excluding tert-OH is 1. The number of hydrogen-bond donors (Lipinski definition) is 2. The molecule has 1 aromatic carbocycles. The molecule has 2 rings (SSSR count). The predicted molar refractivity (Wildman–Crippen MR) is 84.1 cm³/mol. The molecular formula is C16H23N3O3. The number of nitrogens with one attached hydrogen (secondary N) is 1. The quantitative estimate of drug-likeness (QED) is 0.768. The number of benzene rings is 1. The Labute approximate surface area is 130 Å². The molecule has 2 N–H and O–H groups in total. The minimum Gasteiger partial charge on any atom is -0.491 e. The zero-order valence-electron chi connectivity index (χ0n) is 13.2. The van der Waals surface area contributed by atoms with Crippen molar-refractivity contribution in [1.82, 2.24) is 15.1 Å². The zero-order chi connectivity index (χ0) is 15.9. The van der Waals surface area contributed by atoms with Crippen LogP contribution >= 0.6 is 0 Å². The van der Waals surface area contributed by atoms with Gasteiger partial charge in [-0.3, -0.25) is 0 Å². The summed E-state index contributed by atoms with van der Waals surface area (Å²) >= 11 is 0. The van der Waals surface area contributed by atoms with E-state index in [0.29, 0.717) is 13.1 Å². The first-order chi connectivity index (χ1) is 10.6. The third-order valence-corrected chi connectivity index (χ3v) is 3.35. The summed E-state index contributed by atoms with van der Waals surface area (Å²) in [5.74, 6) is 1.49. The van der Waals surface area contributed by atoms with Crippen LogP contribution in [0.4, 0.5) is 0 Å². The summed E-state index contributed by atoms with van der Waals surface area (Å²) in [5.41, 5.74) is 1.92. The molecule has 0 saturated heterocycles. The van der Waals surface area contributed by atoms with Crippen molar-refractivity contribution >= 4 is 0 Å². The number of aliphatic hydroxyl groups is 1. The normalized spacial score (nSPS) is 12.2. The maximum atomic E-state index is 9.95. The van der Waals surface area contributed by atoms with E-state index in [9.17, 15) is 5.11 Å². The lowest BCUT2D eigenvalue weighted by molar-refractivity contribution is 0.106. The number of rotatable bonds is 8. The second kappa shape index (κ2) is 7.82. The highest BCUT2D eigenvalue weighted by molar-refractivity contribution is 5.30. The molecule has 0 aliphatic heterocycles. The van der Waals surface area contributed by atoms with Gasteiger partial charge in [-0.15, -0.1) is 0 Å². The molecule has 0 amide bonds. The van der Waals surface area contributed by atoms with Gasteiger partial charge < -0.3 is 19.9 Å². The molecule has 0 bridgehead atoms. The number of nitrogens with zero attached hydrogens (tertiary/aromatic N) is 2. The molecule has 1 heterocycles. The summed E-state index contributed by atoms with van der Waals surface area (Å²) < 4.78 is 12.6. The van der Waals surface area contributed by atoms with E-state index in [4.69, 9.17) is 9.47 Å². The highest BCUT2D eigenvalue weighted by Crippen LogP contribution is 2.20. The van der Waals surface area contributed by atoms with E-state index >= 15 is 0 Å². The van der Waals surface area contributed by atoms with Crippen molar-refractivity contribution in [2.75, 3.05) is 20.3 Å².